The molecule has 2 nitrogen and oxygen atoms in total. The van der Waals surface area contributed by atoms with Crippen molar-refractivity contribution < 1.29 is 13.2 Å². The smallest absolute Gasteiger partial charge is 0.196 e. The molecule has 2 rings (SSSR count). The molecule has 0 fully saturated rings. The molecule has 0 aliphatic rings. The van der Waals surface area contributed by atoms with Gasteiger partial charge in [-0.1, -0.05) is 11.6 Å². The van der Waals surface area contributed by atoms with Gasteiger partial charge in [0.2, 0.25) is 0 Å². The summed E-state index contributed by atoms with van der Waals surface area (Å²) in [5.41, 5.74) is -0.330. The first-order valence-corrected chi connectivity index (χ1v) is 3.92. The Hall–Kier alpha value is -1.36. The number of fused-ring (bicyclic) bond motifs is 1. The minimum absolute atomic E-state index is 0.0504. The van der Waals surface area contributed by atoms with Crippen LogP contribution in [0.5, 0.6) is 0 Å². The Bertz CT molecular complexity index is 515. The van der Waals surface area contributed by atoms with E-state index in [4.69, 9.17) is 11.6 Å². The van der Waals surface area contributed by atoms with Gasteiger partial charge in [0.1, 0.15) is 17.0 Å². The first kappa shape index (κ1) is 9.21. The summed E-state index contributed by atoms with van der Waals surface area (Å²) >= 11 is 5.55. The number of nitrogens with zero attached hydrogens (tertiary/aromatic N) is 2. The summed E-state index contributed by atoms with van der Waals surface area (Å²) < 4.78 is 38.6. The number of halogens is 4. The molecule has 14 heavy (non-hydrogen) atoms. The fourth-order valence-corrected chi connectivity index (χ4v) is 1.26. The number of aromatic nitrogens is 2. The van der Waals surface area contributed by atoms with Gasteiger partial charge in [0.15, 0.2) is 17.5 Å². The van der Waals surface area contributed by atoms with E-state index in [2.05, 4.69) is 9.97 Å². The third-order valence-corrected chi connectivity index (χ3v) is 2.02. The van der Waals surface area contributed by atoms with Crippen LogP contribution in [0.15, 0.2) is 12.4 Å². The maximum atomic E-state index is 13.1. The topological polar surface area (TPSA) is 25.8 Å². The van der Waals surface area contributed by atoms with Crippen molar-refractivity contribution in [2.75, 3.05) is 0 Å². The molecule has 0 spiro atoms. The van der Waals surface area contributed by atoms with Crippen LogP contribution in [0.1, 0.15) is 0 Å². The van der Waals surface area contributed by atoms with Crippen molar-refractivity contribution in [2.45, 2.75) is 0 Å². The lowest BCUT2D eigenvalue weighted by molar-refractivity contribution is 0.452. The van der Waals surface area contributed by atoms with Crippen LogP contribution in [0.25, 0.3) is 10.9 Å². The predicted molar refractivity (Wildman–Crippen MR) is 44.4 cm³/mol. The van der Waals surface area contributed by atoms with Crippen LogP contribution in [0.2, 0.25) is 5.15 Å². The number of benzene rings is 1. The van der Waals surface area contributed by atoms with Gasteiger partial charge in [0, 0.05) is 5.39 Å². The minimum atomic E-state index is -1.56. The van der Waals surface area contributed by atoms with Gasteiger partial charge in [-0.2, -0.15) is 0 Å². The molecule has 0 unspecified atom stereocenters. The second-order valence-corrected chi connectivity index (χ2v) is 2.91. The Morgan fingerprint density at radius 2 is 1.79 bits per heavy atom. The van der Waals surface area contributed by atoms with Crippen molar-refractivity contribution in [1.82, 2.24) is 9.97 Å². The fourth-order valence-electron chi connectivity index (χ4n) is 1.08. The van der Waals surface area contributed by atoms with Gasteiger partial charge in [-0.3, -0.25) is 0 Å². The lowest BCUT2D eigenvalue weighted by Gasteiger charge is -2.01. The van der Waals surface area contributed by atoms with Gasteiger partial charge in [-0.25, -0.2) is 23.1 Å². The Morgan fingerprint density at radius 3 is 2.50 bits per heavy atom. The maximum absolute atomic E-state index is 13.1. The average molecular weight is 219 g/mol. The van der Waals surface area contributed by atoms with Gasteiger partial charge >= 0.3 is 0 Å². The molecule has 0 amide bonds. The van der Waals surface area contributed by atoms with Gasteiger partial charge in [-0.05, 0) is 6.07 Å². The second-order valence-electron chi connectivity index (χ2n) is 2.55. The monoisotopic (exact) mass is 218 g/mol. The molecular weight excluding hydrogens is 217 g/mol. The van der Waals surface area contributed by atoms with Gasteiger partial charge in [0.25, 0.3) is 0 Å². The highest BCUT2D eigenvalue weighted by Crippen LogP contribution is 2.24. The molecule has 0 saturated heterocycles. The Kier molecular flexibility index (Phi) is 2.03. The maximum Gasteiger partial charge on any atom is 0.196 e. The lowest BCUT2D eigenvalue weighted by Crippen LogP contribution is -1.95. The van der Waals surface area contributed by atoms with E-state index in [1.807, 2.05) is 0 Å². The molecule has 0 radical (unpaired) electrons. The quantitative estimate of drug-likeness (QED) is 0.502. The number of hydrogen-bond donors (Lipinski definition) is 0. The minimum Gasteiger partial charge on any atom is -0.233 e. The van der Waals surface area contributed by atoms with Crippen molar-refractivity contribution in [3.05, 3.63) is 35.0 Å². The van der Waals surface area contributed by atoms with E-state index < -0.39 is 17.5 Å². The highest BCUT2D eigenvalue weighted by Gasteiger charge is 2.16. The first-order valence-electron chi connectivity index (χ1n) is 3.55. The summed E-state index contributed by atoms with van der Waals surface area (Å²) in [6, 6.07) is 0.760. The zero-order valence-electron chi connectivity index (χ0n) is 6.56. The SMILES string of the molecule is Fc1cc2c(Cl)ncnc2c(F)c1F. The summed E-state index contributed by atoms with van der Waals surface area (Å²) in [5.74, 6) is -4.23. The largest absolute Gasteiger partial charge is 0.233 e. The predicted octanol–water partition coefficient (Wildman–Crippen LogP) is 2.70. The molecule has 1 heterocycles. The van der Waals surface area contributed by atoms with Crippen LogP contribution in [0.4, 0.5) is 13.2 Å². The van der Waals surface area contributed by atoms with Crippen LogP contribution >= 0.6 is 11.6 Å². The third-order valence-electron chi connectivity index (χ3n) is 1.72. The Morgan fingerprint density at radius 1 is 1.07 bits per heavy atom. The summed E-state index contributed by atoms with van der Waals surface area (Å²) in [4.78, 5) is 6.98. The highest BCUT2D eigenvalue weighted by molar-refractivity contribution is 6.34. The molecule has 0 bridgehead atoms. The van der Waals surface area contributed by atoms with Crippen LogP contribution in [-0.4, -0.2) is 9.97 Å². The summed E-state index contributed by atoms with van der Waals surface area (Å²) in [7, 11) is 0. The molecule has 72 valence electrons. The molecule has 2 aromatic rings. The van der Waals surface area contributed by atoms with E-state index >= 15 is 0 Å². The molecule has 0 aliphatic heterocycles. The second kappa shape index (κ2) is 3.09. The summed E-state index contributed by atoms with van der Waals surface area (Å²) in [5, 5.41) is -0.168. The van der Waals surface area contributed by atoms with Gasteiger partial charge in [-0.15, -0.1) is 0 Å². The number of hydrogen-bond acceptors (Lipinski definition) is 2. The third kappa shape index (κ3) is 1.21. The standard InChI is InChI=1S/C8H2ClF3N2/c9-8-3-1-4(10)5(11)6(12)7(3)13-2-14-8/h1-2H. The molecule has 0 saturated carbocycles. The van der Waals surface area contributed by atoms with Crippen LogP contribution in [0.3, 0.4) is 0 Å². The normalized spacial score (nSPS) is 10.9. The zero-order chi connectivity index (χ0) is 10.3. The van der Waals surface area contributed by atoms with Gasteiger partial charge < -0.3 is 0 Å². The van der Waals surface area contributed by atoms with E-state index in [1.54, 1.807) is 0 Å². The van der Waals surface area contributed by atoms with E-state index in [1.165, 1.54) is 0 Å². The van der Waals surface area contributed by atoms with E-state index in [-0.39, 0.29) is 16.1 Å². The van der Waals surface area contributed by atoms with Gasteiger partial charge in [0.05, 0.1) is 0 Å². The van der Waals surface area contributed by atoms with Crippen molar-refractivity contribution in [1.29, 1.82) is 0 Å². The van der Waals surface area contributed by atoms with Crippen molar-refractivity contribution in [3.8, 4) is 0 Å². The fraction of sp³-hybridized carbons (Fsp3) is 0. The molecule has 1 aromatic carbocycles. The summed E-state index contributed by atoms with van der Waals surface area (Å²) in [6.07, 6.45) is 0.977. The molecule has 6 heteroatoms. The molecule has 0 N–H and O–H groups in total. The lowest BCUT2D eigenvalue weighted by atomic mass is 10.2. The Labute approximate surface area is 81.4 Å². The zero-order valence-corrected chi connectivity index (χ0v) is 7.32. The first-order chi connectivity index (χ1) is 6.61. The van der Waals surface area contributed by atoms with E-state index in [0.29, 0.717) is 0 Å². The Balaban J connectivity index is 2.98. The average Bonchev–Trinajstić information content (AvgIpc) is 2.17. The molecule has 0 atom stereocenters. The highest BCUT2D eigenvalue weighted by atomic mass is 35.5. The number of rotatable bonds is 0. The van der Waals surface area contributed by atoms with Crippen LogP contribution in [0, 0.1) is 17.5 Å². The van der Waals surface area contributed by atoms with Crippen molar-refractivity contribution in [3.63, 3.8) is 0 Å². The van der Waals surface area contributed by atoms with Crippen molar-refractivity contribution >= 4 is 22.5 Å². The molecule has 1 aromatic heterocycles. The molecule has 0 aliphatic carbocycles. The van der Waals surface area contributed by atoms with Crippen LogP contribution in [-0.2, 0) is 0 Å². The summed E-state index contributed by atoms with van der Waals surface area (Å²) in [6.45, 7) is 0. The van der Waals surface area contributed by atoms with Crippen molar-refractivity contribution in [2.24, 2.45) is 0 Å². The van der Waals surface area contributed by atoms with E-state index in [9.17, 15) is 13.2 Å². The van der Waals surface area contributed by atoms with Crippen LogP contribution < -0.4 is 0 Å². The van der Waals surface area contributed by atoms with E-state index in [0.717, 1.165) is 12.4 Å². The molecular formula is C8H2ClF3N2.